The van der Waals surface area contributed by atoms with E-state index in [0.717, 1.165) is 39.5 Å². The van der Waals surface area contributed by atoms with Crippen LogP contribution in [0.4, 0.5) is 0 Å². The molecule has 142 valence electrons. The standard InChI is InChI=1S/C21H20N4O2S/c1-13-2-3-16-14(10-13)11-17(27-16)21-20-15(23-12-24-20)6-8-25(21)19(26)5-4-18-22-7-9-28-18/h2-3,7,9-12,21H,4-6,8H2,1H3,(H,23,24)/t21-/m1/s1. The molecule has 0 radical (unpaired) electrons. The molecule has 0 bridgehead atoms. The van der Waals surface area contributed by atoms with Gasteiger partial charge in [-0.1, -0.05) is 11.6 Å². The highest BCUT2D eigenvalue weighted by atomic mass is 32.1. The van der Waals surface area contributed by atoms with E-state index in [-0.39, 0.29) is 11.9 Å². The summed E-state index contributed by atoms with van der Waals surface area (Å²) in [5.74, 6) is 0.863. The summed E-state index contributed by atoms with van der Waals surface area (Å²) in [6.45, 7) is 2.71. The largest absolute Gasteiger partial charge is 0.458 e. The lowest BCUT2D eigenvalue weighted by Gasteiger charge is -2.33. The van der Waals surface area contributed by atoms with E-state index in [1.807, 2.05) is 28.5 Å². The van der Waals surface area contributed by atoms with Gasteiger partial charge < -0.3 is 14.3 Å². The number of H-pyrrole nitrogens is 1. The predicted molar refractivity (Wildman–Crippen MR) is 107 cm³/mol. The zero-order valence-corrected chi connectivity index (χ0v) is 16.3. The lowest BCUT2D eigenvalue weighted by molar-refractivity contribution is -0.133. The molecule has 5 rings (SSSR count). The van der Waals surface area contributed by atoms with Gasteiger partial charge in [-0.25, -0.2) is 9.97 Å². The van der Waals surface area contributed by atoms with E-state index < -0.39 is 0 Å². The second-order valence-electron chi connectivity index (χ2n) is 7.12. The third-order valence-corrected chi connectivity index (χ3v) is 6.08. The summed E-state index contributed by atoms with van der Waals surface area (Å²) in [5.41, 5.74) is 3.97. The van der Waals surface area contributed by atoms with Crippen molar-refractivity contribution in [3.63, 3.8) is 0 Å². The molecule has 1 aromatic carbocycles. The summed E-state index contributed by atoms with van der Waals surface area (Å²) >= 11 is 1.59. The normalized spacial score (nSPS) is 16.5. The van der Waals surface area contributed by atoms with Gasteiger partial charge in [0.05, 0.1) is 17.0 Å². The number of fused-ring (bicyclic) bond motifs is 2. The monoisotopic (exact) mass is 392 g/mol. The third kappa shape index (κ3) is 3.01. The third-order valence-electron chi connectivity index (χ3n) is 5.24. The van der Waals surface area contributed by atoms with Crippen LogP contribution in [0.5, 0.6) is 0 Å². The first kappa shape index (κ1) is 17.2. The highest BCUT2D eigenvalue weighted by molar-refractivity contribution is 7.09. The number of aryl methyl sites for hydroxylation is 2. The van der Waals surface area contributed by atoms with E-state index in [4.69, 9.17) is 4.42 Å². The van der Waals surface area contributed by atoms with Crippen LogP contribution in [0.3, 0.4) is 0 Å². The molecule has 0 spiro atoms. The molecule has 4 aromatic rings. The minimum Gasteiger partial charge on any atom is -0.458 e. The van der Waals surface area contributed by atoms with Gasteiger partial charge in [0.25, 0.3) is 0 Å². The number of hydrogen-bond acceptors (Lipinski definition) is 5. The fourth-order valence-corrected chi connectivity index (χ4v) is 4.51. The molecule has 0 saturated heterocycles. The maximum Gasteiger partial charge on any atom is 0.223 e. The maximum atomic E-state index is 13.1. The average molecular weight is 392 g/mol. The van der Waals surface area contributed by atoms with Crippen molar-refractivity contribution < 1.29 is 9.21 Å². The SMILES string of the molecule is Cc1ccc2oc([C@@H]3c4nc[nH]c4CCN3C(=O)CCc3nccs3)cc2c1. The Bertz CT molecular complexity index is 1130. The Labute approximate surface area is 166 Å². The molecule has 4 heterocycles. The van der Waals surface area contributed by atoms with Gasteiger partial charge in [0.2, 0.25) is 5.91 Å². The second kappa shape index (κ2) is 6.91. The Hall–Kier alpha value is -2.93. The summed E-state index contributed by atoms with van der Waals surface area (Å²) in [4.78, 5) is 27.0. The number of amides is 1. The number of benzene rings is 1. The van der Waals surface area contributed by atoms with Gasteiger partial charge >= 0.3 is 0 Å². The molecule has 1 atom stereocenters. The van der Waals surface area contributed by atoms with Gasteiger partial charge in [-0.2, -0.15) is 0 Å². The highest BCUT2D eigenvalue weighted by Crippen LogP contribution is 2.36. The molecule has 28 heavy (non-hydrogen) atoms. The van der Waals surface area contributed by atoms with Crippen molar-refractivity contribution in [2.24, 2.45) is 0 Å². The van der Waals surface area contributed by atoms with Gasteiger partial charge in [0.15, 0.2) is 0 Å². The Morgan fingerprint density at radius 3 is 3.14 bits per heavy atom. The molecule has 1 amide bonds. The molecule has 1 aliphatic heterocycles. The number of imidazole rings is 1. The van der Waals surface area contributed by atoms with E-state index >= 15 is 0 Å². The lowest BCUT2D eigenvalue weighted by Crippen LogP contribution is -2.40. The van der Waals surface area contributed by atoms with Crippen molar-refractivity contribution in [3.05, 3.63) is 69.9 Å². The zero-order valence-electron chi connectivity index (χ0n) is 15.5. The zero-order chi connectivity index (χ0) is 19.1. The number of furan rings is 1. The fraction of sp³-hybridized carbons (Fsp3) is 0.286. The molecule has 1 aliphatic rings. The van der Waals surface area contributed by atoms with Crippen LogP contribution in [0.1, 0.15) is 40.2 Å². The van der Waals surface area contributed by atoms with Crippen molar-refractivity contribution in [2.45, 2.75) is 32.2 Å². The number of nitrogens with zero attached hydrogens (tertiary/aromatic N) is 3. The lowest BCUT2D eigenvalue weighted by atomic mass is 9.99. The quantitative estimate of drug-likeness (QED) is 0.569. The van der Waals surface area contributed by atoms with E-state index in [2.05, 4.69) is 27.9 Å². The van der Waals surface area contributed by atoms with Crippen LogP contribution < -0.4 is 0 Å². The summed E-state index contributed by atoms with van der Waals surface area (Å²) in [5, 5.41) is 3.98. The van der Waals surface area contributed by atoms with Crippen molar-refractivity contribution >= 4 is 28.2 Å². The van der Waals surface area contributed by atoms with Crippen molar-refractivity contribution in [3.8, 4) is 0 Å². The number of carbonyl (C=O) groups is 1. The molecule has 0 unspecified atom stereocenters. The van der Waals surface area contributed by atoms with Gasteiger partial charge in [0, 0.05) is 48.5 Å². The topological polar surface area (TPSA) is 75.0 Å². The summed E-state index contributed by atoms with van der Waals surface area (Å²) in [6, 6.07) is 7.86. The second-order valence-corrected chi connectivity index (χ2v) is 8.10. The Morgan fingerprint density at radius 2 is 2.29 bits per heavy atom. The fourth-order valence-electron chi connectivity index (χ4n) is 3.89. The molecule has 1 N–H and O–H groups in total. The van der Waals surface area contributed by atoms with Crippen molar-refractivity contribution in [1.82, 2.24) is 19.9 Å². The first-order chi connectivity index (χ1) is 13.7. The molecule has 0 aliphatic carbocycles. The van der Waals surface area contributed by atoms with Crippen LogP contribution in [0.15, 0.2) is 46.6 Å². The Kier molecular flexibility index (Phi) is 4.24. The number of nitrogens with one attached hydrogen (secondary N) is 1. The van der Waals surface area contributed by atoms with Crippen LogP contribution >= 0.6 is 11.3 Å². The number of hydrogen-bond donors (Lipinski definition) is 1. The van der Waals surface area contributed by atoms with Gasteiger partial charge in [-0.05, 0) is 25.1 Å². The number of thiazole rings is 1. The van der Waals surface area contributed by atoms with E-state index in [0.29, 0.717) is 19.4 Å². The van der Waals surface area contributed by atoms with Crippen LogP contribution in [-0.2, 0) is 17.6 Å². The summed E-state index contributed by atoms with van der Waals surface area (Å²) in [6.07, 6.45) is 5.35. The van der Waals surface area contributed by atoms with Crippen LogP contribution in [-0.4, -0.2) is 32.3 Å². The first-order valence-corrected chi connectivity index (χ1v) is 10.3. The minimum absolute atomic E-state index is 0.102. The molecule has 7 heteroatoms. The van der Waals surface area contributed by atoms with Crippen LogP contribution in [0.25, 0.3) is 11.0 Å². The number of aromatic nitrogens is 3. The smallest absolute Gasteiger partial charge is 0.223 e. The van der Waals surface area contributed by atoms with Crippen LogP contribution in [0.2, 0.25) is 0 Å². The van der Waals surface area contributed by atoms with Gasteiger partial charge in [-0.3, -0.25) is 4.79 Å². The van der Waals surface area contributed by atoms with Gasteiger partial charge in [0.1, 0.15) is 17.4 Å². The van der Waals surface area contributed by atoms with Crippen molar-refractivity contribution in [2.75, 3.05) is 6.54 Å². The highest BCUT2D eigenvalue weighted by Gasteiger charge is 2.36. The van der Waals surface area contributed by atoms with Gasteiger partial charge in [-0.15, -0.1) is 11.3 Å². The van der Waals surface area contributed by atoms with Crippen LogP contribution in [0, 0.1) is 6.92 Å². The Balaban J connectivity index is 1.49. The van der Waals surface area contributed by atoms with E-state index in [1.54, 1.807) is 23.9 Å². The first-order valence-electron chi connectivity index (χ1n) is 9.39. The molecule has 3 aromatic heterocycles. The van der Waals surface area contributed by atoms with E-state index in [9.17, 15) is 4.79 Å². The number of carbonyl (C=O) groups excluding carboxylic acids is 1. The molecule has 0 saturated carbocycles. The minimum atomic E-state index is -0.300. The predicted octanol–water partition coefficient (Wildman–Crippen LogP) is 4.03. The summed E-state index contributed by atoms with van der Waals surface area (Å²) in [7, 11) is 0. The molecule has 0 fully saturated rings. The maximum absolute atomic E-state index is 13.1. The molecular weight excluding hydrogens is 372 g/mol. The number of rotatable bonds is 4. The van der Waals surface area contributed by atoms with E-state index in [1.165, 1.54) is 5.56 Å². The van der Waals surface area contributed by atoms with Crippen molar-refractivity contribution in [1.29, 1.82) is 0 Å². The Morgan fingerprint density at radius 1 is 1.36 bits per heavy atom. The molecule has 6 nitrogen and oxygen atoms in total. The number of aromatic amines is 1. The molecular formula is C21H20N4O2S. The average Bonchev–Trinajstić information content (AvgIpc) is 3.44. The summed E-state index contributed by atoms with van der Waals surface area (Å²) < 4.78 is 6.16.